The van der Waals surface area contributed by atoms with Gasteiger partial charge in [-0.25, -0.2) is 0 Å². The zero-order valence-corrected chi connectivity index (χ0v) is 7.79. The highest BCUT2D eigenvalue weighted by molar-refractivity contribution is 7.17. The molecule has 0 bridgehead atoms. The van der Waals surface area contributed by atoms with Crippen molar-refractivity contribution < 1.29 is 4.79 Å². The molecule has 62 valence electrons. The Labute approximate surface area is 74.2 Å². The minimum atomic E-state index is 0.128. The fourth-order valence-electron chi connectivity index (χ4n) is 1.37. The number of rotatable bonds is 1. The number of ketones is 1. The number of carbonyl (C=O) groups is 1. The van der Waals surface area contributed by atoms with Crippen LogP contribution in [0.5, 0.6) is 0 Å². The average Bonchev–Trinajstić information content (AvgIpc) is 2.53. The maximum Gasteiger partial charge on any atom is 0.161 e. The van der Waals surface area contributed by atoms with Crippen molar-refractivity contribution in [3.05, 3.63) is 22.7 Å². The zero-order valence-electron chi connectivity index (χ0n) is 6.97. The number of H-pyrrole nitrogens is 1. The third-order valence-electron chi connectivity index (χ3n) is 1.97. The van der Waals surface area contributed by atoms with Gasteiger partial charge in [0.05, 0.1) is 0 Å². The summed E-state index contributed by atoms with van der Waals surface area (Å²) in [5, 5.41) is 3.15. The molecule has 2 aromatic heterocycles. The summed E-state index contributed by atoms with van der Waals surface area (Å²) >= 11 is 1.64. The molecule has 0 fully saturated rings. The molecule has 0 aromatic carbocycles. The van der Waals surface area contributed by atoms with Crippen LogP contribution in [-0.4, -0.2) is 10.8 Å². The Bertz CT molecular complexity index is 438. The molecule has 0 spiro atoms. The van der Waals surface area contributed by atoms with Gasteiger partial charge in [-0.3, -0.25) is 4.79 Å². The number of Topliss-reactive ketones (excluding diaryl/α,β-unsaturated/α-hetero) is 1. The molecule has 2 rings (SSSR count). The van der Waals surface area contributed by atoms with Gasteiger partial charge >= 0.3 is 0 Å². The van der Waals surface area contributed by atoms with Gasteiger partial charge in [-0.1, -0.05) is 0 Å². The topological polar surface area (TPSA) is 32.9 Å². The number of aryl methyl sites for hydroxylation is 1. The highest BCUT2D eigenvalue weighted by Crippen LogP contribution is 2.27. The monoisotopic (exact) mass is 179 g/mol. The largest absolute Gasteiger partial charge is 0.352 e. The quantitative estimate of drug-likeness (QED) is 0.671. The van der Waals surface area contributed by atoms with Crippen molar-refractivity contribution in [2.45, 2.75) is 13.8 Å². The molecule has 0 aliphatic heterocycles. The van der Waals surface area contributed by atoms with Crippen LogP contribution in [0.1, 0.15) is 22.8 Å². The predicted molar refractivity (Wildman–Crippen MR) is 50.9 cm³/mol. The van der Waals surface area contributed by atoms with Crippen LogP contribution in [0.15, 0.2) is 11.6 Å². The fourth-order valence-corrected chi connectivity index (χ4v) is 2.30. The second-order valence-electron chi connectivity index (χ2n) is 2.88. The van der Waals surface area contributed by atoms with E-state index in [1.807, 2.05) is 6.92 Å². The Morgan fingerprint density at radius 2 is 2.33 bits per heavy atom. The summed E-state index contributed by atoms with van der Waals surface area (Å²) in [6, 6.07) is 0. The maximum atomic E-state index is 11.2. The van der Waals surface area contributed by atoms with Crippen LogP contribution in [0.3, 0.4) is 0 Å². The lowest BCUT2D eigenvalue weighted by molar-refractivity contribution is 0.101. The molecule has 0 radical (unpaired) electrons. The van der Waals surface area contributed by atoms with Crippen LogP contribution in [0, 0.1) is 6.92 Å². The zero-order chi connectivity index (χ0) is 8.72. The van der Waals surface area contributed by atoms with Gasteiger partial charge in [-0.2, -0.15) is 0 Å². The molecule has 12 heavy (non-hydrogen) atoms. The van der Waals surface area contributed by atoms with Crippen molar-refractivity contribution in [2.75, 3.05) is 0 Å². The first-order valence-electron chi connectivity index (χ1n) is 3.76. The van der Waals surface area contributed by atoms with Gasteiger partial charge in [-0.15, -0.1) is 11.3 Å². The van der Waals surface area contributed by atoms with Crippen molar-refractivity contribution in [1.29, 1.82) is 0 Å². The van der Waals surface area contributed by atoms with E-state index in [0.717, 1.165) is 15.8 Å². The number of fused-ring (bicyclic) bond motifs is 1. The summed E-state index contributed by atoms with van der Waals surface area (Å²) in [4.78, 5) is 15.3. The molecule has 0 unspecified atom stereocenters. The number of hydrogen-bond donors (Lipinski definition) is 1. The summed E-state index contributed by atoms with van der Waals surface area (Å²) < 4.78 is 0. The molecule has 0 atom stereocenters. The van der Waals surface area contributed by atoms with Gasteiger partial charge in [0, 0.05) is 17.1 Å². The minimum Gasteiger partial charge on any atom is -0.352 e. The van der Waals surface area contributed by atoms with E-state index in [9.17, 15) is 4.79 Å². The first kappa shape index (κ1) is 7.55. The smallest absolute Gasteiger partial charge is 0.161 e. The first-order chi connectivity index (χ1) is 5.70. The molecule has 0 saturated heterocycles. The van der Waals surface area contributed by atoms with Crippen LogP contribution in [-0.2, 0) is 0 Å². The van der Waals surface area contributed by atoms with Crippen molar-refractivity contribution in [1.82, 2.24) is 4.98 Å². The average molecular weight is 179 g/mol. The minimum absolute atomic E-state index is 0.128. The van der Waals surface area contributed by atoms with Crippen LogP contribution in [0.25, 0.3) is 10.2 Å². The van der Waals surface area contributed by atoms with Crippen LogP contribution >= 0.6 is 11.3 Å². The SMILES string of the molecule is CC(=O)c1c[nH]c2scc(C)c12. The maximum absolute atomic E-state index is 11.2. The van der Waals surface area contributed by atoms with Gasteiger partial charge in [-0.05, 0) is 24.8 Å². The van der Waals surface area contributed by atoms with E-state index in [-0.39, 0.29) is 5.78 Å². The Hall–Kier alpha value is -1.09. The van der Waals surface area contributed by atoms with E-state index in [0.29, 0.717) is 0 Å². The van der Waals surface area contributed by atoms with E-state index in [1.165, 1.54) is 5.56 Å². The normalized spacial score (nSPS) is 10.8. The molecule has 2 heterocycles. The molecule has 0 aliphatic carbocycles. The van der Waals surface area contributed by atoms with Crippen molar-refractivity contribution in [2.24, 2.45) is 0 Å². The molecule has 3 heteroatoms. The van der Waals surface area contributed by atoms with Crippen molar-refractivity contribution in [3.8, 4) is 0 Å². The number of carbonyl (C=O) groups excluding carboxylic acids is 1. The number of aromatic nitrogens is 1. The highest BCUT2D eigenvalue weighted by Gasteiger charge is 2.10. The lowest BCUT2D eigenvalue weighted by atomic mass is 10.1. The van der Waals surface area contributed by atoms with Gasteiger partial charge in [0.25, 0.3) is 0 Å². The van der Waals surface area contributed by atoms with E-state index < -0.39 is 0 Å². The fraction of sp³-hybridized carbons (Fsp3) is 0.222. The summed E-state index contributed by atoms with van der Waals surface area (Å²) in [5.41, 5.74) is 1.99. The Morgan fingerprint density at radius 3 is 3.00 bits per heavy atom. The number of aromatic amines is 1. The third kappa shape index (κ3) is 0.898. The Morgan fingerprint density at radius 1 is 1.58 bits per heavy atom. The molecule has 1 N–H and O–H groups in total. The van der Waals surface area contributed by atoms with E-state index in [2.05, 4.69) is 10.4 Å². The highest BCUT2D eigenvalue weighted by atomic mass is 32.1. The van der Waals surface area contributed by atoms with E-state index in [4.69, 9.17) is 0 Å². The van der Waals surface area contributed by atoms with Gasteiger partial charge < -0.3 is 4.98 Å². The number of hydrogen-bond acceptors (Lipinski definition) is 2. The summed E-state index contributed by atoms with van der Waals surface area (Å²) in [6.45, 7) is 3.62. The molecule has 2 aromatic rings. The van der Waals surface area contributed by atoms with E-state index >= 15 is 0 Å². The van der Waals surface area contributed by atoms with Gasteiger partial charge in [0.2, 0.25) is 0 Å². The number of nitrogens with one attached hydrogen (secondary N) is 1. The molecule has 0 aliphatic rings. The second-order valence-corrected chi connectivity index (χ2v) is 3.76. The first-order valence-corrected chi connectivity index (χ1v) is 4.64. The summed E-state index contributed by atoms with van der Waals surface area (Å²) in [6.07, 6.45) is 1.79. The Balaban J connectivity index is 2.83. The Kier molecular flexibility index (Phi) is 1.54. The van der Waals surface area contributed by atoms with Crippen molar-refractivity contribution in [3.63, 3.8) is 0 Å². The summed E-state index contributed by atoms with van der Waals surface area (Å²) in [7, 11) is 0. The van der Waals surface area contributed by atoms with Gasteiger partial charge in [0.1, 0.15) is 4.83 Å². The van der Waals surface area contributed by atoms with Crippen LogP contribution < -0.4 is 0 Å². The summed E-state index contributed by atoms with van der Waals surface area (Å²) in [5.74, 6) is 0.128. The third-order valence-corrected chi connectivity index (χ3v) is 3.00. The molecular formula is C9H9NOS. The molecule has 0 amide bonds. The second kappa shape index (κ2) is 2.45. The van der Waals surface area contributed by atoms with Gasteiger partial charge in [0.15, 0.2) is 5.78 Å². The molecular weight excluding hydrogens is 170 g/mol. The molecule has 0 saturated carbocycles. The van der Waals surface area contributed by atoms with E-state index in [1.54, 1.807) is 24.5 Å². The standard InChI is InChI=1S/C9H9NOS/c1-5-4-12-9-8(5)7(3-10-9)6(2)11/h3-4,10H,1-2H3. The lowest BCUT2D eigenvalue weighted by Crippen LogP contribution is -1.88. The van der Waals surface area contributed by atoms with Crippen molar-refractivity contribution >= 4 is 27.3 Å². The number of thiophene rings is 1. The van der Waals surface area contributed by atoms with Crippen LogP contribution in [0.2, 0.25) is 0 Å². The molecule has 2 nitrogen and oxygen atoms in total. The predicted octanol–water partition coefficient (Wildman–Crippen LogP) is 2.74. The van der Waals surface area contributed by atoms with Crippen LogP contribution in [0.4, 0.5) is 0 Å². The lowest BCUT2D eigenvalue weighted by Gasteiger charge is -1.89.